The number of aromatic amines is 1. The first-order valence-corrected chi connectivity index (χ1v) is 11.4. The molecule has 33 heavy (non-hydrogen) atoms. The van der Waals surface area contributed by atoms with Gasteiger partial charge in [0.15, 0.2) is 11.5 Å². The number of nitrogens with zero attached hydrogens (tertiary/aromatic N) is 1. The van der Waals surface area contributed by atoms with Crippen LogP contribution >= 0.6 is 0 Å². The molecule has 1 atom stereocenters. The summed E-state index contributed by atoms with van der Waals surface area (Å²) in [6.07, 6.45) is 4.18. The van der Waals surface area contributed by atoms with Crippen LogP contribution in [0, 0.1) is 0 Å². The lowest BCUT2D eigenvalue weighted by molar-refractivity contribution is -0.126. The van der Waals surface area contributed by atoms with E-state index in [0.29, 0.717) is 24.0 Å². The Balaban J connectivity index is 1.33. The van der Waals surface area contributed by atoms with Crippen LogP contribution in [0.3, 0.4) is 0 Å². The largest absolute Gasteiger partial charge is 0.497 e. The van der Waals surface area contributed by atoms with E-state index in [4.69, 9.17) is 14.2 Å². The number of aromatic nitrogens is 1. The van der Waals surface area contributed by atoms with Crippen molar-refractivity contribution in [3.05, 3.63) is 53.7 Å². The van der Waals surface area contributed by atoms with Gasteiger partial charge in [0.1, 0.15) is 5.75 Å². The van der Waals surface area contributed by atoms with Gasteiger partial charge in [-0.3, -0.25) is 9.69 Å². The summed E-state index contributed by atoms with van der Waals surface area (Å²) in [5, 5.41) is 4.29. The Morgan fingerprint density at radius 3 is 2.52 bits per heavy atom. The van der Waals surface area contributed by atoms with Crippen molar-refractivity contribution < 1.29 is 19.0 Å². The van der Waals surface area contributed by atoms with E-state index in [1.54, 1.807) is 21.3 Å². The Labute approximate surface area is 195 Å². The van der Waals surface area contributed by atoms with Crippen LogP contribution in [0.1, 0.15) is 36.8 Å². The van der Waals surface area contributed by atoms with E-state index >= 15 is 0 Å². The van der Waals surface area contributed by atoms with Crippen molar-refractivity contribution in [3.8, 4) is 17.2 Å². The van der Waals surface area contributed by atoms with Gasteiger partial charge in [0.05, 0.1) is 27.4 Å². The molecular formula is C26H33N3O4. The molecule has 2 heterocycles. The summed E-state index contributed by atoms with van der Waals surface area (Å²) in [6, 6.07) is 11.7. The average Bonchev–Trinajstić information content (AvgIpc) is 3.29. The molecule has 3 aromatic rings. The third-order valence-electron chi connectivity index (χ3n) is 6.73. The summed E-state index contributed by atoms with van der Waals surface area (Å²) >= 11 is 0. The zero-order valence-electron chi connectivity index (χ0n) is 19.8. The number of methoxy groups -OCH3 is 3. The van der Waals surface area contributed by atoms with E-state index in [-0.39, 0.29) is 11.9 Å². The predicted molar refractivity (Wildman–Crippen MR) is 129 cm³/mol. The van der Waals surface area contributed by atoms with Crippen LogP contribution in [0.25, 0.3) is 10.9 Å². The van der Waals surface area contributed by atoms with Gasteiger partial charge < -0.3 is 24.5 Å². The second-order valence-corrected chi connectivity index (χ2v) is 8.55. The van der Waals surface area contributed by atoms with Gasteiger partial charge >= 0.3 is 0 Å². The summed E-state index contributed by atoms with van der Waals surface area (Å²) < 4.78 is 16.0. The topological polar surface area (TPSA) is 75.8 Å². The van der Waals surface area contributed by atoms with Gasteiger partial charge in [0, 0.05) is 23.6 Å². The van der Waals surface area contributed by atoms with E-state index in [1.807, 2.05) is 31.2 Å². The SMILES string of the molecule is COc1ccc2[nH]cc(C3CCN(C(C)C(=O)NCc4ccc(OC)c(OC)c4)CC3)c2c1. The number of carbonyl (C=O) groups excluding carboxylic acids is 1. The third-order valence-corrected chi connectivity index (χ3v) is 6.73. The van der Waals surface area contributed by atoms with Gasteiger partial charge in [-0.25, -0.2) is 0 Å². The molecule has 2 aromatic carbocycles. The lowest BCUT2D eigenvalue weighted by Gasteiger charge is -2.35. The molecule has 176 valence electrons. The molecule has 0 radical (unpaired) electrons. The van der Waals surface area contributed by atoms with Crippen molar-refractivity contribution >= 4 is 16.8 Å². The standard InChI is InChI=1S/C26H33N3O4/c1-17(26(30)28-15-18-5-8-24(32-3)25(13-18)33-4)29-11-9-19(10-12-29)22-16-27-23-7-6-20(31-2)14-21(22)23/h5-8,13-14,16-17,19,27H,9-12,15H2,1-4H3,(H,28,30). The Bertz CT molecular complexity index is 1100. The molecule has 1 aliphatic heterocycles. The Morgan fingerprint density at radius 1 is 1.06 bits per heavy atom. The number of fused-ring (bicyclic) bond motifs is 1. The maximum Gasteiger partial charge on any atom is 0.237 e. The van der Waals surface area contributed by atoms with Crippen LogP contribution in [0.2, 0.25) is 0 Å². The number of amides is 1. The summed E-state index contributed by atoms with van der Waals surface area (Å²) in [5.41, 5.74) is 3.45. The maximum absolute atomic E-state index is 12.8. The molecule has 0 saturated carbocycles. The van der Waals surface area contributed by atoms with E-state index in [9.17, 15) is 4.79 Å². The number of benzene rings is 2. The van der Waals surface area contributed by atoms with Gasteiger partial charge in [-0.05, 0) is 80.2 Å². The summed E-state index contributed by atoms with van der Waals surface area (Å²) in [4.78, 5) is 18.5. The van der Waals surface area contributed by atoms with Gasteiger partial charge in [-0.1, -0.05) is 6.07 Å². The molecule has 0 aliphatic carbocycles. The van der Waals surface area contributed by atoms with Crippen LogP contribution in [-0.2, 0) is 11.3 Å². The highest BCUT2D eigenvalue weighted by atomic mass is 16.5. The Hall–Kier alpha value is -3.19. The van der Waals surface area contributed by atoms with Gasteiger partial charge in [0.2, 0.25) is 5.91 Å². The Morgan fingerprint density at radius 2 is 1.82 bits per heavy atom. The molecule has 1 aromatic heterocycles. The van der Waals surface area contributed by atoms with Crippen LogP contribution < -0.4 is 19.5 Å². The van der Waals surface area contributed by atoms with Crippen molar-refractivity contribution in [2.24, 2.45) is 0 Å². The highest BCUT2D eigenvalue weighted by Gasteiger charge is 2.28. The second-order valence-electron chi connectivity index (χ2n) is 8.55. The van der Waals surface area contributed by atoms with Gasteiger partial charge in [-0.2, -0.15) is 0 Å². The summed E-state index contributed by atoms with van der Waals surface area (Å²) in [5.74, 6) is 2.73. The van der Waals surface area contributed by atoms with Crippen LogP contribution in [0.4, 0.5) is 0 Å². The maximum atomic E-state index is 12.8. The molecule has 7 heteroatoms. The minimum atomic E-state index is -0.172. The normalized spacial score (nSPS) is 15.9. The first-order chi connectivity index (χ1) is 16.0. The molecule has 1 amide bonds. The highest BCUT2D eigenvalue weighted by molar-refractivity contribution is 5.85. The number of piperidine rings is 1. The molecular weight excluding hydrogens is 418 g/mol. The molecule has 1 saturated heterocycles. The molecule has 0 spiro atoms. The minimum Gasteiger partial charge on any atom is -0.497 e. The lowest BCUT2D eigenvalue weighted by Crippen LogP contribution is -2.47. The van der Waals surface area contributed by atoms with Crippen molar-refractivity contribution in [1.29, 1.82) is 0 Å². The number of hydrogen-bond acceptors (Lipinski definition) is 5. The number of likely N-dealkylation sites (tertiary alicyclic amines) is 1. The number of nitrogens with one attached hydrogen (secondary N) is 2. The monoisotopic (exact) mass is 451 g/mol. The number of hydrogen-bond donors (Lipinski definition) is 2. The minimum absolute atomic E-state index is 0.0417. The molecule has 1 aliphatic rings. The second kappa shape index (κ2) is 10.2. The number of H-pyrrole nitrogens is 1. The molecule has 7 nitrogen and oxygen atoms in total. The fourth-order valence-corrected chi connectivity index (χ4v) is 4.68. The first-order valence-electron chi connectivity index (χ1n) is 11.4. The van der Waals surface area contributed by atoms with E-state index < -0.39 is 0 Å². The summed E-state index contributed by atoms with van der Waals surface area (Å²) in [6.45, 7) is 4.23. The van der Waals surface area contributed by atoms with E-state index in [1.165, 1.54) is 10.9 Å². The Kier molecular flexibility index (Phi) is 7.08. The quantitative estimate of drug-likeness (QED) is 0.540. The average molecular weight is 452 g/mol. The first kappa shape index (κ1) is 23.0. The van der Waals surface area contributed by atoms with Crippen molar-refractivity contribution in [1.82, 2.24) is 15.2 Å². The molecule has 2 N–H and O–H groups in total. The van der Waals surface area contributed by atoms with E-state index in [0.717, 1.165) is 42.8 Å². The van der Waals surface area contributed by atoms with Crippen LogP contribution in [-0.4, -0.2) is 56.3 Å². The zero-order valence-corrected chi connectivity index (χ0v) is 19.8. The molecule has 1 fully saturated rings. The van der Waals surface area contributed by atoms with Crippen LogP contribution in [0.5, 0.6) is 17.2 Å². The van der Waals surface area contributed by atoms with Crippen molar-refractivity contribution in [3.63, 3.8) is 0 Å². The predicted octanol–water partition coefficient (Wildman–Crippen LogP) is 4.08. The summed E-state index contributed by atoms with van der Waals surface area (Å²) in [7, 11) is 4.92. The molecule has 1 unspecified atom stereocenters. The lowest BCUT2D eigenvalue weighted by atomic mass is 9.88. The third kappa shape index (κ3) is 4.93. The molecule has 4 rings (SSSR count). The van der Waals surface area contributed by atoms with Crippen molar-refractivity contribution in [2.45, 2.75) is 38.3 Å². The van der Waals surface area contributed by atoms with Crippen LogP contribution in [0.15, 0.2) is 42.6 Å². The smallest absolute Gasteiger partial charge is 0.237 e. The van der Waals surface area contributed by atoms with E-state index in [2.05, 4.69) is 33.5 Å². The van der Waals surface area contributed by atoms with Gasteiger partial charge in [-0.15, -0.1) is 0 Å². The molecule has 0 bridgehead atoms. The zero-order chi connectivity index (χ0) is 23.4. The van der Waals surface area contributed by atoms with Gasteiger partial charge in [0.25, 0.3) is 0 Å². The number of rotatable bonds is 8. The number of ether oxygens (including phenoxy) is 3. The number of carbonyl (C=O) groups is 1. The fraction of sp³-hybridized carbons (Fsp3) is 0.423. The fourth-order valence-electron chi connectivity index (χ4n) is 4.68. The van der Waals surface area contributed by atoms with Crippen molar-refractivity contribution in [2.75, 3.05) is 34.4 Å². The highest BCUT2D eigenvalue weighted by Crippen LogP contribution is 2.35.